The van der Waals surface area contributed by atoms with Crippen molar-refractivity contribution in [2.45, 2.75) is 65.1 Å². The molecule has 1 aromatic rings. The lowest BCUT2D eigenvalue weighted by Crippen LogP contribution is -2.35. The van der Waals surface area contributed by atoms with Crippen LogP contribution in [-0.2, 0) is 0 Å². The van der Waals surface area contributed by atoms with Crippen LogP contribution in [0.2, 0.25) is 0 Å². The molecule has 0 amide bonds. The molecule has 1 aliphatic rings. The van der Waals surface area contributed by atoms with E-state index in [4.69, 9.17) is 5.73 Å². The molecule has 2 unspecified atom stereocenters. The summed E-state index contributed by atoms with van der Waals surface area (Å²) in [5.74, 6) is -0.157. The van der Waals surface area contributed by atoms with Crippen LogP contribution in [0.4, 0.5) is 10.1 Å². The first-order valence-electron chi connectivity index (χ1n) is 7.29. The van der Waals surface area contributed by atoms with E-state index in [1.54, 1.807) is 6.07 Å². The number of rotatable bonds is 3. The van der Waals surface area contributed by atoms with Gasteiger partial charge < -0.3 is 10.6 Å². The van der Waals surface area contributed by atoms with E-state index >= 15 is 0 Å². The quantitative estimate of drug-likeness (QED) is 0.896. The Labute approximate surface area is 115 Å². The molecule has 0 saturated carbocycles. The highest BCUT2D eigenvalue weighted by molar-refractivity contribution is 5.59. The van der Waals surface area contributed by atoms with Crippen LogP contribution in [0, 0.1) is 12.7 Å². The Balaban J connectivity index is 2.50. The van der Waals surface area contributed by atoms with Crippen molar-refractivity contribution in [3.8, 4) is 0 Å². The number of hydrogen-bond donors (Lipinski definition) is 1. The summed E-state index contributed by atoms with van der Waals surface area (Å²) < 4.78 is 13.8. The van der Waals surface area contributed by atoms with Crippen molar-refractivity contribution in [1.82, 2.24) is 0 Å². The van der Waals surface area contributed by atoms with Crippen LogP contribution in [0.25, 0.3) is 0 Å². The molecule has 1 aromatic carbocycles. The van der Waals surface area contributed by atoms with Crippen molar-refractivity contribution in [3.05, 3.63) is 29.1 Å². The van der Waals surface area contributed by atoms with Crippen LogP contribution >= 0.6 is 0 Å². The molecule has 0 aromatic heterocycles. The number of halogens is 1. The lowest BCUT2D eigenvalue weighted by Gasteiger charge is -2.33. The number of benzene rings is 1. The molecule has 2 N–H and O–H groups in total. The summed E-state index contributed by atoms with van der Waals surface area (Å²) in [6.07, 6.45) is 3.54. The monoisotopic (exact) mass is 264 g/mol. The molecule has 1 fully saturated rings. The van der Waals surface area contributed by atoms with E-state index in [-0.39, 0.29) is 11.9 Å². The second-order valence-corrected chi connectivity index (χ2v) is 5.84. The van der Waals surface area contributed by atoms with E-state index in [2.05, 4.69) is 18.7 Å². The second kappa shape index (κ2) is 5.49. The Morgan fingerprint density at radius 1 is 1.42 bits per heavy atom. The molecule has 3 atom stereocenters. The molecular formula is C16H25FN2. The van der Waals surface area contributed by atoms with Crippen molar-refractivity contribution in [3.63, 3.8) is 0 Å². The maximum absolute atomic E-state index is 13.8. The number of aryl methyl sites for hydroxylation is 1. The fourth-order valence-electron chi connectivity index (χ4n) is 3.18. The summed E-state index contributed by atoms with van der Waals surface area (Å²) in [6, 6.07) is 4.51. The van der Waals surface area contributed by atoms with Gasteiger partial charge in [0.2, 0.25) is 0 Å². The minimum atomic E-state index is -0.157. The molecule has 0 spiro atoms. The largest absolute Gasteiger partial charge is 0.366 e. The predicted octanol–water partition coefficient (Wildman–Crippen LogP) is 3.92. The highest BCUT2D eigenvalue weighted by Gasteiger charge is 2.31. The molecule has 0 radical (unpaired) electrons. The maximum Gasteiger partial charge on any atom is 0.126 e. The normalized spacial score (nSPS) is 24.8. The molecule has 0 bridgehead atoms. The van der Waals surface area contributed by atoms with E-state index < -0.39 is 0 Å². The Bertz CT molecular complexity index is 456. The summed E-state index contributed by atoms with van der Waals surface area (Å²) in [4.78, 5) is 2.45. The fourth-order valence-corrected chi connectivity index (χ4v) is 3.18. The smallest absolute Gasteiger partial charge is 0.126 e. The lowest BCUT2D eigenvalue weighted by atomic mass is 10.0. The zero-order chi connectivity index (χ0) is 14.2. The van der Waals surface area contributed by atoms with Gasteiger partial charge in [0.15, 0.2) is 0 Å². The molecule has 106 valence electrons. The summed E-state index contributed by atoms with van der Waals surface area (Å²) in [6.45, 7) is 8.22. The molecule has 19 heavy (non-hydrogen) atoms. The molecule has 1 heterocycles. The maximum atomic E-state index is 13.8. The highest BCUT2D eigenvalue weighted by Crippen LogP contribution is 2.37. The summed E-state index contributed by atoms with van der Waals surface area (Å²) >= 11 is 0. The molecule has 3 heteroatoms. The molecule has 0 aliphatic carbocycles. The van der Waals surface area contributed by atoms with Gasteiger partial charge in [-0.3, -0.25) is 0 Å². The Hall–Kier alpha value is -1.09. The van der Waals surface area contributed by atoms with Crippen LogP contribution in [0.5, 0.6) is 0 Å². The van der Waals surface area contributed by atoms with Gasteiger partial charge in [-0.05, 0) is 63.3 Å². The van der Waals surface area contributed by atoms with Gasteiger partial charge in [-0.25, -0.2) is 4.39 Å². The van der Waals surface area contributed by atoms with Gasteiger partial charge in [-0.2, -0.15) is 0 Å². The number of anilines is 1. The summed E-state index contributed by atoms with van der Waals surface area (Å²) in [5.41, 5.74) is 8.80. The Morgan fingerprint density at radius 2 is 2.11 bits per heavy atom. The molecule has 2 rings (SSSR count). The SMILES string of the molecule is CCC1CCC(C)N1c1cc(C)c(F)cc1[C@@H](C)N. The topological polar surface area (TPSA) is 29.3 Å². The van der Waals surface area contributed by atoms with E-state index in [0.717, 1.165) is 17.7 Å². The third-order valence-corrected chi connectivity index (χ3v) is 4.33. The molecule has 2 nitrogen and oxygen atoms in total. The second-order valence-electron chi connectivity index (χ2n) is 5.84. The van der Waals surface area contributed by atoms with Crippen LogP contribution < -0.4 is 10.6 Å². The average Bonchev–Trinajstić information content (AvgIpc) is 2.73. The van der Waals surface area contributed by atoms with Gasteiger partial charge >= 0.3 is 0 Å². The zero-order valence-corrected chi connectivity index (χ0v) is 12.4. The predicted molar refractivity (Wildman–Crippen MR) is 79.0 cm³/mol. The van der Waals surface area contributed by atoms with E-state index in [9.17, 15) is 4.39 Å². The summed E-state index contributed by atoms with van der Waals surface area (Å²) in [5, 5.41) is 0. The van der Waals surface area contributed by atoms with Crippen LogP contribution in [-0.4, -0.2) is 12.1 Å². The van der Waals surface area contributed by atoms with Crippen molar-refractivity contribution in [2.75, 3.05) is 4.90 Å². The van der Waals surface area contributed by atoms with Crippen LogP contribution in [0.1, 0.15) is 57.2 Å². The van der Waals surface area contributed by atoms with Crippen molar-refractivity contribution in [2.24, 2.45) is 5.73 Å². The number of hydrogen-bond acceptors (Lipinski definition) is 2. The first-order chi connectivity index (χ1) is 8.95. The van der Waals surface area contributed by atoms with Gasteiger partial charge in [0.1, 0.15) is 5.82 Å². The molecule has 1 aliphatic heterocycles. The fraction of sp³-hybridized carbons (Fsp3) is 0.625. The van der Waals surface area contributed by atoms with Crippen molar-refractivity contribution < 1.29 is 4.39 Å². The molecule has 1 saturated heterocycles. The third-order valence-electron chi connectivity index (χ3n) is 4.33. The molecular weight excluding hydrogens is 239 g/mol. The third kappa shape index (κ3) is 2.62. The zero-order valence-electron chi connectivity index (χ0n) is 12.4. The van der Waals surface area contributed by atoms with E-state index in [1.807, 2.05) is 19.9 Å². The first-order valence-corrected chi connectivity index (χ1v) is 7.29. The Kier molecular flexibility index (Phi) is 4.14. The standard InChI is InChI=1S/C16H25FN2/c1-5-13-7-6-11(3)19(13)16-8-10(2)15(17)9-14(16)12(4)18/h8-9,11-13H,5-7,18H2,1-4H3/t11?,12-,13?/m1/s1. The van der Waals surface area contributed by atoms with Gasteiger partial charge in [-0.1, -0.05) is 6.92 Å². The average molecular weight is 264 g/mol. The van der Waals surface area contributed by atoms with Gasteiger partial charge in [-0.15, -0.1) is 0 Å². The highest BCUT2D eigenvalue weighted by atomic mass is 19.1. The van der Waals surface area contributed by atoms with E-state index in [1.165, 1.54) is 12.8 Å². The van der Waals surface area contributed by atoms with Gasteiger partial charge in [0, 0.05) is 23.8 Å². The Morgan fingerprint density at radius 3 is 2.68 bits per heavy atom. The summed E-state index contributed by atoms with van der Waals surface area (Å²) in [7, 11) is 0. The minimum Gasteiger partial charge on any atom is -0.366 e. The van der Waals surface area contributed by atoms with Crippen molar-refractivity contribution in [1.29, 1.82) is 0 Å². The van der Waals surface area contributed by atoms with E-state index in [0.29, 0.717) is 17.6 Å². The van der Waals surface area contributed by atoms with Crippen LogP contribution in [0.15, 0.2) is 12.1 Å². The van der Waals surface area contributed by atoms with Gasteiger partial charge in [0.25, 0.3) is 0 Å². The minimum absolute atomic E-state index is 0.143. The van der Waals surface area contributed by atoms with Crippen LogP contribution in [0.3, 0.4) is 0 Å². The lowest BCUT2D eigenvalue weighted by molar-refractivity contribution is 0.601. The van der Waals surface area contributed by atoms with Crippen molar-refractivity contribution >= 4 is 5.69 Å². The van der Waals surface area contributed by atoms with Gasteiger partial charge in [0.05, 0.1) is 0 Å². The number of nitrogens with zero attached hydrogens (tertiary/aromatic N) is 1. The first kappa shape index (κ1) is 14.3. The number of nitrogens with two attached hydrogens (primary N) is 1.